The van der Waals surface area contributed by atoms with Crippen molar-refractivity contribution >= 4 is 39.2 Å². The molecule has 0 amide bonds. The van der Waals surface area contributed by atoms with Crippen molar-refractivity contribution in [2.75, 3.05) is 19.8 Å². The molecular formula is C25H31Cl2O13P2+. The van der Waals surface area contributed by atoms with Crippen LogP contribution in [0.1, 0.15) is 36.2 Å². The first kappa shape index (κ1) is 32.6. The summed E-state index contributed by atoms with van der Waals surface area (Å²) in [7, 11) is -8.29. The zero-order valence-electron chi connectivity index (χ0n) is 21.9. The molecule has 0 spiro atoms. The molecule has 17 heteroatoms. The molecule has 2 aromatic rings. The van der Waals surface area contributed by atoms with Gasteiger partial charge in [-0.2, -0.15) is 13.9 Å². The molecule has 0 radical (unpaired) electrons. The van der Waals surface area contributed by atoms with Gasteiger partial charge in [0.05, 0.1) is 12.7 Å². The maximum absolute atomic E-state index is 13.3. The highest BCUT2D eigenvalue weighted by atomic mass is 35.5. The second-order valence-corrected chi connectivity index (χ2v) is 14.0. The summed E-state index contributed by atoms with van der Waals surface area (Å²) < 4.78 is 51.4. The van der Waals surface area contributed by atoms with Crippen molar-refractivity contribution in [1.29, 1.82) is 0 Å². The van der Waals surface area contributed by atoms with Crippen LogP contribution in [0.15, 0.2) is 48.5 Å². The lowest BCUT2D eigenvalue weighted by Crippen LogP contribution is -2.61. The summed E-state index contributed by atoms with van der Waals surface area (Å²) in [5.74, 6) is 0. The van der Waals surface area contributed by atoms with Crippen molar-refractivity contribution in [3.05, 3.63) is 69.7 Å². The van der Waals surface area contributed by atoms with Crippen LogP contribution in [0.25, 0.3) is 0 Å². The number of phosphoric acid groups is 1. The molecule has 5 N–H and O–H groups in total. The van der Waals surface area contributed by atoms with E-state index in [-0.39, 0.29) is 13.2 Å². The van der Waals surface area contributed by atoms with Crippen LogP contribution in [0.5, 0.6) is 0 Å². The van der Waals surface area contributed by atoms with Crippen molar-refractivity contribution in [3.63, 3.8) is 0 Å². The lowest BCUT2D eigenvalue weighted by Gasteiger charge is -2.42. The molecule has 0 bridgehead atoms. The van der Waals surface area contributed by atoms with E-state index in [9.17, 15) is 29.9 Å². The van der Waals surface area contributed by atoms with Crippen LogP contribution >= 0.6 is 39.2 Å². The van der Waals surface area contributed by atoms with Gasteiger partial charge in [0.2, 0.25) is 0 Å². The number of hydrogen-bond donors (Lipinski definition) is 5. The van der Waals surface area contributed by atoms with Gasteiger partial charge >= 0.3 is 16.0 Å². The van der Waals surface area contributed by atoms with Gasteiger partial charge in [0, 0.05) is 22.9 Å². The summed E-state index contributed by atoms with van der Waals surface area (Å²) in [5.41, 5.74) is 1.31. The first-order valence-corrected chi connectivity index (χ1v) is 16.8. The van der Waals surface area contributed by atoms with Gasteiger partial charge in [-0.15, -0.1) is 4.52 Å². The number of aliphatic hydroxyl groups excluding tert-OH is 4. The van der Waals surface area contributed by atoms with Gasteiger partial charge < -0.3 is 25.2 Å². The smallest absolute Gasteiger partial charge is 0.388 e. The van der Waals surface area contributed by atoms with E-state index in [0.29, 0.717) is 34.0 Å². The Morgan fingerprint density at radius 3 is 2.26 bits per heavy atom. The van der Waals surface area contributed by atoms with E-state index in [1.165, 1.54) is 0 Å². The molecule has 0 aromatic heterocycles. The maximum atomic E-state index is 13.3. The SMILES string of the molecule is O=[P@@]1(O[C@@H]2O[C@H]([C@H](O)CO[P+]3(O)OCC[C@@H](c4cccc(Cl)c4)O3)[C@@H](O)[C@H](O)[C@@H]2O)OCC[C@H](c2cccc(Cl)c2)O1. The molecule has 232 valence electrons. The second kappa shape index (κ2) is 13.7. The fourth-order valence-corrected chi connectivity index (χ4v) is 7.98. The van der Waals surface area contributed by atoms with Crippen LogP contribution in [0.2, 0.25) is 10.0 Å². The summed E-state index contributed by atoms with van der Waals surface area (Å²) in [6.45, 7) is -0.613. The van der Waals surface area contributed by atoms with E-state index in [2.05, 4.69) is 0 Å². The number of ether oxygens (including phenoxy) is 1. The number of phosphoric ester groups is 1. The highest BCUT2D eigenvalue weighted by Crippen LogP contribution is 2.64. The fraction of sp³-hybridized carbons (Fsp3) is 0.520. The summed E-state index contributed by atoms with van der Waals surface area (Å²) in [5, 5.41) is 43.2. The van der Waals surface area contributed by atoms with Crippen molar-refractivity contribution in [1.82, 2.24) is 0 Å². The minimum Gasteiger partial charge on any atom is -0.388 e. The predicted octanol–water partition coefficient (Wildman–Crippen LogP) is 3.63. The third kappa shape index (κ3) is 7.70. The highest BCUT2D eigenvalue weighted by Gasteiger charge is 2.54. The van der Waals surface area contributed by atoms with Crippen molar-refractivity contribution < 1.29 is 61.8 Å². The Bertz CT molecular complexity index is 1280. The monoisotopic (exact) mass is 671 g/mol. The minimum absolute atomic E-state index is 0.0270. The maximum Gasteiger partial charge on any atom is 0.573 e. The van der Waals surface area contributed by atoms with Crippen molar-refractivity contribution in [2.45, 2.75) is 61.9 Å². The highest BCUT2D eigenvalue weighted by molar-refractivity contribution is 7.55. The van der Waals surface area contributed by atoms with E-state index in [1.807, 2.05) is 0 Å². The molecule has 10 atom stereocenters. The first-order valence-electron chi connectivity index (χ1n) is 13.0. The Balaban J connectivity index is 1.22. The Kier molecular flexibility index (Phi) is 10.6. The van der Waals surface area contributed by atoms with Crippen LogP contribution in [-0.4, -0.2) is 82.0 Å². The van der Waals surface area contributed by atoms with Crippen molar-refractivity contribution in [3.8, 4) is 0 Å². The van der Waals surface area contributed by atoms with Gasteiger partial charge in [0.1, 0.15) is 49.8 Å². The third-order valence-electron chi connectivity index (χ3n) is 6.85. The zero-order valence-corrected chi connectivity index (χ0v) is 25.2. The number of benzene rings is 2. The van der Waals surface area contributed by atoms with Crippen LogP contribution in [0, 0.1) is 0 Å². The number of rotatable bonds is 8. The van der Waals surface area contributed by atoms with Crippen LogP contribution in [0.4, 0.5) is 0 Å². The Hall–Kier alpha value is -0.800. The molecule has 3 heterocycles. The second-order valence-electron chi connectivity index (χ2n) is 9.87. The molecule has 0 saturated carbocycles. The Morgan fingerprint density at radius 1 is 0.952 bits per heavy atom. The lowest BCUT2D eigenvalue weighted by atomic mass is 9.96. The summed E-state index contributed by atoms with van der Waals surface area (Å²) in [4.78, 5) is 10.8. The van der Waals surface area contributed by atoms with Gasteiger partial charge in [-0.1, -0.05) is 47.5 Å². The van der Waals surface area contributed by atoms with Gasteiger partial charge in [-0.3, -0.25) is 13.6 Å². The predicted molar refractivity (Wildman–Crippen MR) is 148 cm³/mol. The summed E-state index contributed by atoms with van der Waals surface area (Å²) in [6, 6.07) is 13.6. The average Bonchev–Trinajstić information content (AvgIpc) is 2.96. The Labute approximate surface area is 252 Å². The number of halogens is 2. The third-order valence-corrected chi connectivity index (χ3v) is 10.3. The van der Waals surface area contributed by atoms with Gasteiger partial charge in [0.15, 0.2) is 6.29 Å². The zero-order chi connectivity index (χ0) is 30.1. The largest absolute Gasteiger partial charge is 0.573 e. The van der Waals surface area contributed by atoms with Crippen LogP contribution < -0.4 is 0 Å². The van der Waals surface area contributed by atoms with E-state index >= 15 is 0 Å². The van der Waals surface area contributed by atoms with Gasteiger partial charge in [0.25, 0.3) is 0 Å². The number of aliphatic hydroxyl groups is 4. The molecule has 42 heavy (non-hydrogen) atoms. The minimum atomic E-state index is -4.36. The Morgan fingerprint density at radius 2 is 1.60 bits per heavy atom. The molecule has 13 nitrogen and oxygen atoms in total. The average molecular weight is 672 g/mol. The molecular weight excluding hydrogens is 641 g/mol. The molecule has 5 rings (SSSR count). The summed E-state index contributed by atoms with van der Waals surface area (Å²) >= 11 is 12.1. The summed E-state index contributed by atoms with van der Waals surface area (Å²) in [6.07, 6.45) is -11.4. The lowest BCUT2D eigenvalue weighted by molar-refractivity contribution is -0.294. The normalized spacial score (nSPS) is 38.2. The molecule has 3 fully saturated rings. The van der Waals surface area contributed by atoms with E-state index in [1.54, 1.807) is 48.5 Å². The molecule has 3 saturated heterocycles. The topological polar surface area (TPSA) is 183 Å². The van der Waals surface area contributed by atoms with E-state index < -0.39 is 71.6 Å². The van der Waals surface area contributed by atoms with E-state index in [0.717, 1.165) is 0 Å². The fourth-order valence-electron chi connectivity index (χ4n) is 4.69. The van der Waals surface area contributed by atoms with E-state index in [4.69, 9.17) is 55.1 Å². The molecule has 2 aromatic carbocycles. The molecule has 0 aliphatic carbocycles. The van der Waals surface area contributed by atoms with Crippen molar-refractivity contribution in [2.24, 2.45) is 0 Å². The molecule has 3 aliphatic rings. The van der Waals surface area contributed by atoms with Crippen LogP contribution in [-0.2, 0) is 36.4 Å². The standard InChI is InChI=1S/C25H31Cl2O13P2/c26-16-5-1-3-14(11-16)19-7-9-34-41(32,38-19)36-13-18(28)24-22(30)21(29)23(31)25(37-24)40-42(33)35-10-8-20(39-42)15-4-2-6-17(27)12-15/h1-6,11-12,18-25,28-32H,7-10,13H2/q+1/t18-,19+,20-,21+,22+,23+,24-,25+,41?,42-/m1/s1. The number of hydrogen-bond acceptors (Lipinski definition) is 13. The quantitative estimate of drug-likeness (QED) is 0.257. The first-order chi connectivity index (χ1) is 20.0. The molecule has 3 aliphatic heterocycles. The van der Waals surface area contributed by atoms with Gasteiger partial charge in [-0.05, 0) is 35.4 Å². The van der Waals surface area contributed by atoms with Crippen LogP contribution in [0.3, 0.4) is 0 Å². The molecule has 1 unspecified atom stereocenters. The van der Waals surface area contributed by atoms with Gasteiger partial charge in [-0.25, -0.2) is 4.57 Å².